The smallest absolute Gasteiger partial charge is 0.412 e. The van der Waals surface area contributed by atoms with E-state index in [0.717, 1.165) is 9.54 Å². The van der Waals surface area contributed by atoms with Crippen molar-refractivity contribution in [2.45, 2.75) is 60.5 Å². The Labute approximate surface area is 181 Å². The molecule has 0 fully saturated rings. The van der Waals surface area contributed by atoms with Gasteiger partial charge in [-0.3, -0.25) is 14.9 Å². The molecule has 29 heavy (non-hydrogen) atoms. The SMILES string of the molecule is CC(=O)ON(CCC(C)(C)C)C(=O)[C@H](CC(C)C)OC(=O)Nc1ccc(Br)cc1. The van der Waals surface area contributed by atoms with Crippen LogP contribution in [0.4, 0.5) is 10.5 Å². The summed E-state index contributed by atoms with van der Waals surface area (Å²) in [5.41, 5.74) is 0.477. The largest absolute Gasteiger partial charge is 0.436 e. The van der Waals surface area contributed by atoms with Crippen molar-refractivity contribution in [1.29, 1.82) is 0 Å². The van der Waals surface area contributed by atoms with Crippen LogP contribution in [0, 0.1) is 11.3 Å². The minimum absolute atomic E-state index is 0.0635. The molecule has 1 rings (SSSR count). The predicted molar refractivity (Wildman–Crippen MR) is 115 cm³/mol. The van der Waals surface area contributed by atoms with Crippen molar-refractivity contribution in [3.05, 3.63) is 28.7 Å². The molecule has 0 aliphatic carbocycles. The van der Waals surface area contributed by atoms with Gasteiger partial charge in [0.2, 0.25) is 0 Å². The Balaban J connectivity index is 2.90. The van der Waals surface area contributed by atoms with Crippen LogP contribution < -0.4 is 5.32 Å². The summed E-state index contributed by atoms with van der Waals surface area (Å²) in [5, 5.41) is 3.61. The van der Waals surface area contributed by atoms with Crippen LogP contribution in [0.25, 0.3) is 0 Å². The molecule has 0 bridgehead atoms. The monoisotopic (exact) mass is 470 g/mol. The lowest BCUT2D eigenvalue weighted by atomic mass is 9.92. The molecule has 2 amide bonds. The second-order valence-electron chi connectivity index (χ2n) is 8.49. The van der Waals surface area contributed by atoms with E-state index >= 15 is 0 Å². The fourth-order valence-corrected chi connectivity index (χ4v) is 2.66. The molecule has 162 valence electrons. The number of hydroxylamine groups is 2. The molecule has 0 unspecified atom stereocenters. The second-order valence-corrected chi connectivity index (χ2v) is 9.40. The van der Waals surface area contributed by atoms with Crippen LogP contribution in [-0.4, -0.2) is 35.7 Å². The number of halogens is 1. The van der Waals surface area contributed by atoms with E-state index in [0.29, 0.717) is 18.5 Å². The molecular weight excluding hydrogens is 440 g/mol. The van der Waals surface area contributed by atoms with E-state index < -0.39 is 24.1 Å². The Bertz CT molecular complexity index is 698. The van der Waals surface area contributed by atoms with Gasteiger partial charge in [0.15, 0.2) is 6.10 Å². The molecule has 1 aromatic rings. The maximum absolute atomic E-state index is 13.0. The number of carbonyl (C=O) groups excluding carboxylic acids is 3. The van der Waals surface area contributed by atoms with Gasteiger partial charge in [-0.1, -0.05) is 50.5 Å². The molecule has 7 nitrogen and oxygen atoms in total. The van der Waals surface area contributed by atoms with E-state index in [-0.39, 0.29) is 17.9 Å². The van der Waals surface area contributed by atoms with Crippen molar-refractivity contribution in [3.8, 4) is 0 Å². The molecule has 8 heteroatoms. The van der Waals surface area contributed by atoms with Gasteiger partial charge in [0.25, 0.3) is 5.91 Å². The maximum Gasteiger partial charge on any atom is 0.412 e. The van der Waals surface area contributed by atoms with Crippen molar-refractivity contribution >= 4 is 39.6 Å². The lowest BCUT2D eigenvalue weighted by molar-refractivity contribution is -0.202. The van der Waals surface area contributed by atoms with Crippen molar-refractivity contribution in [2.75, 3.05) is 11.9 Å². The van der Waals surface area contributed by atoms with E-state index in [1.165, 1.54) is 6.92 Å². The highest BCUT2D eigenvalue weighted by Crippen LogP contribution is 2.21. The van der Waals surface area contributed by atoms with Crippen LogP contribution in [0.5, 0.6) is 0 Å². The molecule has 0 heterocycles. The molecule has 1 N–H and O–H groups in total. The Morgan fingerprint density at radius 1 is 1.14 bits per heavy atom. The van der Waals surface area contributed by atoms with Gasteiger partial charge in [-0.2, -0.15) is 5.06 Å². The topological polar surface area (TPSA) is 84.9 Å². The van der Waals surface area contributed by atoms with Crippen molar-refractivity contribution < 1.29 is 24.0 Å². The number of rotatable bonds is 7. The number of amides is 2. The average molecular weight is 471 g/mol. The molecule has 0 aliphatic heterocycles. The first-order valence-corrected chi connectivity index (χ1v) is 10.4. The van der Waals surface area contributed by atoms with E-state index in [4.69, 9.17) is 9.57 Å². The van der Waals surface area contributed by atoms with Crippen LogP contribution in [-0.2, 0) is 19.2 Å². The predicted octanol–water partition coefficient (Wildman–Crippen LogP) is 5.16. The summed E-state index contributed by atoms with van der Waals surface area (Å²) in [6.45, 7) is 11.4. The minimum Gasteiger partial charge on any atom is -0.436 e. The summed E-state index contributed by atoms with van der Waals surface area (Å²) in [4.78, 5) is 41.9. The summed E-state index contributed by atoms with van der Waals surface area (Å²) in [7, 11) is 0. The highest BCUT2D eigenvalue weighted by Gasteiger charge is 2.31. The van der Waals surface area contributed by atoms with Crippen LogP contribution in [0.1, 0.15) is 54.4 Å². The van der Waals surface area contributed by atoms with Crippen LogP contribution >= 0.6 is 15.9 Å². The Hall–Kier alpha value is -2.09. The van der Waals surface area contributed by atoms with Gasteiger partial charge in [-0.05, 0) is 48.4 Å². The number of nitrogens with zero attached hydrogens (tertiary/aromatic N) is 1. The highest BCUT2D eigenvalue weighted by molar-refractivity contribution is 9.10. The number of nitrogens with one attached hydrogen (secondary N) is 1. The zero-order valence-electron chi connectivity index (χ0n) is 18.0. The van der Waals surface area contributed by atoms with E-state index in [9.17, 15) is 14.4 Å². The number of anilines is 1. The average Bonchev–Trinajstić information content (AvgIpc) is 2.58. The highest BCUT2D eigenvalue weighted by atomic mass is 79.9. The Morgan fingerprint density at radius 3 is 2.21 bits per heavy atom. The van der Waals surface area contributed by atoms with E-state index in [2.05, 4.69) is 21.2 Å². The third-order valence-corrected chi connectivity index (χ3v) is 4.38. The molecule has 0 aromatic heterocycles. The second kappa shape index (κ2) is 11.2. The number of ether oxygens (including phenoxy) is 1. The van der Waals surface area contributed by atoms with Gasteiger partial charge < -0.3 is 9.57 Å². The summed E-state index contributed by atoms with van der Waals surface area (Å²) in [5.74, 6) is -1.06. The quantitative estimate of drug-likeness (QED) is 0.556. The number of benzene rings is 1. The number of hydrogen-bond acceptors (Lipinski definition) is 5. The Morgan fingerprint density at radius 2 is 1.72 bits per heavy atom. The standard InChI is InChI=1S/C21H31BrN2O5/c1-14(2)13-18(28-20(27)23-17-9-7-16(22)8-10-17)19(26)24(29-15(3)25)12-11-21(4,5)6/h7-10,14,18H,11-13H2,1-6H3,(H,23,27)/t18-/m0/s1. The zero-order chi connectivity index (χ0) is 22.2. The van der Waals surface area contributed by atoms with Crippen molar-refractivity contribution in [3.63, 3.8) is 0 Å². The molecular formula is C21H31BrN2O5. The van der Waals surface area contributed by atoms with Gasteiger partial charge in [0.05, 0.1) is 6.54 Å². The van der Waals surface area contributed by atoms with Gasteiger partial charge in [-0.25, -0.2) is 4.79 Å². The van der Waals surface area contributed by atoms with E-state index in [1.807, 2.05) is 34.6 Å². The fraction of sp³-hybridized carbons (Fsp3) is 0.571. The molecule has 1 aromatic carbocycles. The van der Waals surface area contributed by atoms with Crippen molar-refractivity contribution in [2.24, 2.45) is 11.3 Å². The van der Waals surface area contributed by atoms with Gasteiger partial charge in [0, 0.05) is 17.1 Å². The third kappa shape index (κ3) is 10.3. The summed E-state index contributed by atoms with van der Waals surface area (Å²) in [6.07, 6.45) is -0.888. The summed E-state index contributed by atoms with van der Waals surface area (Å²) < 4.78 is 6.28. The first-order valence-electron chi connectivity index (χ1n) is 9.60. The lowest BCUT2D eigenvalue weighted by Crippen LogP contribution is -2.44. The molecule has 0 spiro atoms. The van der Waals surface area contributed by atoms with Crippen LogP contribution in [0.3, 0.4) is 0 Å². The van der Waals surface area contributed by atoms with Crippen molar-refractivity contribution in [1.82, 2.24) is 5.06 Å². The third-order valence-electron chi connectivity index (χ3n) is 3.85. The van der Waals surface area contributed by atoms with Gasteiger partial charge in [-0.15, -0.1) is 0 Å². The van der Waals surface area contributed by atoms with Crippen LogP contribution in [0.15, 0.2) is 28.7 Å². The fourth-order valence-electron chi connectivity index (χ4n) is 2.39. The summed E-state index contributed by atoms with van der Waals surface area (Å²) >= 11 is 3.33. The zero-order valence-corrected chi connectivity index (χ0v) is 19.5. The molecule has 0 saturated carbocycles. The molecule has 0 aliphatic rings. The van der Waals surface area contributed by atoms with Gasteiger partial charge >= 0.3 is 12.1 Å². The van der Waals surface area contributed by atoms with E-state index in [1.54, 1.807) is 24.3 Å². The normalized spacial score (nSPS) is 12.3. The first kappa shape index (κ1) is 24.9. The molecule has 1 atom stereocenters. The van der Waals surface area contributed by atoms with Gasteiger partial charge in [0.1, 0.15) is 0 Å². The number of hydrogen-bond donors (Lipinski definition) is 1. The Kier molecular flexibility index (Phi) is 9.62. The lowest BCUT2D eigenvalue weighted by Gasteiger charge is -2.28. The maximum atomic E-state index is 13.0. The minimum atomic E-state index is -1.07. The van der Waals surface area contributed by atoms with Crippen LogP contribution in [0.2, 0.25) is 0 Å². The molecule has 0 radical (unpaired) electrons. The summed E-state index contributed by atoms with van der Waals surface area (Å²) in [6, 6.07) is 6.97. The number of carbonyl (C=O) groups is 3. The first-order chi connectivity index (χ1) is 13.4. The molecule has 0 saturated heterocycles.